The number of hydrogen-bond donors (Lipinski definition) is 2. The number of thioether (sulfide) groups is 1. The van der Waals surface area contributed by atoms with Crippen LogP contribution in [0.2, 0.25) is 0 Å². The van der Waals surface area contributed by atoms with Crippen LogP contribution in [-0.4, -0.2) is 39.6 Å². The van der Waals surface area contributed by atoms with Crippen molar-refractivity contribution in [1.29, 1.82) is 0 Å². The number of aromatic nitrogens is 1. The van der Waals surface area contributed by atoms with Crippen molar-refractivity contribution in [2.75, 3.05) is 18.1 Å². The van der Waals surface area contributed by atoms with E-state index in [9.17, 15) is 9.90 Å². The molecule has 1 saturated heterocycles. The van der Waals surface area contributed by atoms with Crippen LogP contribution in [0.25, 0.3) is 0 Å². The third kappa shape index (κ3) is 3.24. The highest BCUT2D eigenvalue weighted by atomic mass is 32.2. The van der Waals surface area contributed by atoms with Crippen molar-refractivity contribution >= 4 is 29.0 Å². The number of nitrogens with one attached hydrogen (secondary N) is 1. The lowest BCUT2D eigenvalue weighted by Crippen LogP contribution is -2.42. The second kappa shape index (κ2) is 5.59. The van der Waals surface area contributed by atoms with Crippen molar-refractivity contribution in [3.63, 3.8) is 0 Å². The summed E-state index contributed by atoms with van der Waals surface area (Å²) in [6.07, 6.45) is 2.36. The topological polar surface area (TPSA) is 62.2 Å². The van der Waals surface area contributed by atoms with Gasteiger partial charge in [-0.05, 0) is 12.2 Å². The van der Waals surface area contributed by atoms with Crippen LogP contribution < -0.4 is 5.32 Å². The average Bonchev–Trinajstić information content (AvgIpc) is 2.95. The zero-order valence-electron chi connectivity index (χ0n) is 10.6. The molecule has 0 aliphatic carbocycles. The summed E-state index contributed by atoms with van der Waals surface area (Å²) in [5, 5.41) is 13.9. The molecule has 100 valence electrons. The second-order valence-corrected chi connectivity index (χ2v) is 7.09. The summed E-state index contributed by atoms with van der Waals surface area (Å²) in [6, 6.07) is 0. The van der Waals surface area contributed by atoms with Crippen molar-refractivity contribution in [2.45, 2.75) is 31.8 Å². The van der Waals surface area contributed by atoms with Crippen molar-refractivity contribution in [3.05, 3.63) is 16.1 Å². The third-order valence-electron chi connectivity index (χ3n) is 2.90. The van der Waals surface area contributed by atoms with Crippen LogP contribution in [0.3, 0.4) is 0 Å². The van der Waals surface area contributed by atoms with Crippen LogP contribution in [0.5, 0.6) is 0 Å². The van der Waals surface area contributed by atoms with E-state index in [0.29, 0.717) is 23.1 Å². The number of carbonyl (C=O) groups excluding carboxylic acids is 1. The predicted molar refractivity (Wildman–Crippen MR) is 75.4 cm³/mol. The monoisotopic (exact) mass is 286 g/mol. The molecule has 0 aromatic carbocycles. The van der Waals surface area contributed by atoms with E-state index >= 15 is 0 Å². The molecule has 1 aromatic heterocycles. The first-order valence-corrected chi connectivity index (χ1v) is 8.01. The van der Waals surface area contributed by atoms with Gasteiger partial charge in [-0.1, -0.05) is 13.8 Å². The standard InChI is InChI=1S/C12H18N2O2S2/c1-8(2)11-13-5-9(18-11)10(15)14-6-12(16)3-4-17-7-12/h5,8,16H,3-4,6-7H2,1-2H3,(H,14,15). The fourth-order valence-corrected chi connectivity index (χ4v) is 3.86. The minimum absolute atomic E-state index is 0.135. The fraction of sp³-hybridized carbons (Fsp3) is 0.667. The van der Waals surface area contributed by atoms with Gasteiger partial charge < -0.3 is 10.4 Å². The number of carbonyl (C=O) groups is 1. The largest absolute Gasteiger partial charge is 0.387 e. The predicted octanol–water partition coefficient (Wildman–Crippen LogP) is 1.86. The Hall–Kier alpha value is -0.590. The Balaban J connectivity index is 1.91. The van der Waals surface area contributed by atoms with Gasteiger partial charge in [-0.3, -0.25) is 4.79 Å². The van der Waals surface area contributed by atoms with E-state index in [4.69, 9.17) is 0 Å². The van der Waals surface area contributed by atoms with Crippen molar-refractivity contribution in [2.24, 2.45) is 0 Å². The molecule has 0 radical (unpaired) electrons. The molecule has 0 saturated carbocycles. The van der Waals surface area contributed by atoms with Gasteiger partial charge in [0, 0.05) is 18.2 Å². The molecule has 1 fully saturated rings. The van der Waals surface area contributed by atoms with E-state index in [1.54, 1.807) is 18.0 Å². The zero-order chi connectivity index (χ0) is 13.2. The van der Waals surface area contributed by atoms with Crippen LogP contribution in [0.1, 0.15) is 40.9 Å². The molecular weight excluding hydrogens is 268 g/mol. The lowest BCUT2D eigenvalue weighted by molar-refractivity contribution is 0.0614. The zero-order valence-corrected chi connectivity index (χ0v) is 12.2. The van der Waals surface area contributed by atoms with Gasteiger partial charge in [0.1, 0.15) is 4.88 Å². The molecule has 1 amide bonds. The summed E-state index contributed by atoms with van der Waals surface area (Å²) < 4.78 is 0. The summed E-state index contributed by atoms with van der Waals surface area (Å²) in [5.74, 6) is 1.87. The van der Waals surface area contributed by atoms with Crippen LogP contribution in [-0.2, 0) is 0 Å². The van der Waals surface area contributed by atoms with Gasteiger partial charge in [-0.2, -0.15) is 11.8 Å². The summed E-state index contributed by atoms with van der Waals surface area (Å²) in [5.41, 5.74) is -0.730. The number of aliphatic hydroxyl groups is 1. The Labute approximate surface area is 115 Å². The maximum absolute atomic E-state index is 11.9. The van der Waals surface area contributed by atoms with Crippen LogP contribution in [0.15, 0.2) is 6.20 Å². The second-order valence-electron chi connectivity index (χ2n) is 4.93. The average molecular weight is 286 g/mol. The first kappa shape index (κ1) is 13.8. The Bertz CT molecular complexity index is 425. The van der Waals surface area contributed by atoms with Gasteiger partial charge in [-0.15, -0.1) is 11.3 Å². The SMILES string of the molecule is CC(C)c1ncc(C(=O)NCC2(O)CCSC2)s1. The quantitative estimate of drug-likeness (QED) is 0.887. The van der Waals surface area contributed by atoms with Gasteiger partial charge in [0.15, 0.2) is 0 Å². The maximum Gasteiger partial charge on any atom is 0.263 e. The highest BCUT2D eigenvalue weighted by Crippen LogP contribution is 2.27. The minimum Gasteiger partial charge on any atom is -0.387 e. The van der Waals surface area contributed by atoms with Crippen molar-refractivity contribution in [1.82, 2.24) is 10.3 Å². The molecule has 2 heterocycles. The molecule has 6 heteroatoms. The lowest BCUT2D eigenvalue weighted by atomic mass is 10.0. The fourth-order valence-electron chi connectivity index (χ4n) is 1.73. The van der Waals surface area contributed by atoms with E-state index in [1.165, 1.54) is 11.3 Å². The van der Waals surface area contributed by atoms with E-state index < -0.39 is 5.60 Å². The summed E-state index contributed by atoms with van der Waals surface area (Å²) in [6.45, 7) is 4.44. The number of thiazole rings is 1. The first-order valence-electron chi connectivity index (χ1n) is 6.04. The number of hydrogen-bond acceptors (Lipinski definition) is 5. The number of nitrogens with zero attached hydrogens (tertiary/aromatic N) is 1. The third-order valence-corrected chi connectivity index (χ3v) is 5.43. The number of amides is 1. The molecule has 0 bridgehead atoms. The molecule has 1 unspecified atom stereocenters. The Morgan fingerprint density at radius 2 is 2.44 bits per heavy atom. The molecular formula is C12H18N2O2S2. The molecule has 1 aliphatic rings. The Morgan fingerprint density at radius 3 is 3.00 bits per heavy atom. The van der Waals surface area contributed by atoms with E-state index in [2.05, 4.69) is 24.1 Å². The molecule has 1 atom stereocenters. The Kier molecular flexibility index (Phi) is 4.29. The van der Waals surface area contributed by atoms with Crippen molar-refractivity contribution in [3.8, 4) is 0 Å². The molecule has 0 spiro atoms. The van der Waals surface area contributed by atoms with Crippen LogP contribution in [0, 0.1) is 0 Å². The van der Waals surface area contributed by atoms with Gasteiger partial charge in [0.25, 0.3) is 5.91 Å². The molecule has 4 nitrogen and oxygen atoms in total. The highest BCUT2D eigenvalue weighted by Gasteiger charge is 2.32. The van der Waals surface area contributed by atoms with Gasteiger partial charge >= 0.3 is 0 Å². The van der Waals surface area contributed by atoms with Crippen molar-refractivity contribution < 1.29 is 9.90 Å². The van der Waals surface area contributed by atoms with E-state index in [0.717, 1.165) is 17.2 Å². The van der Waals surface area contributed by atoms with Crippen LogP contribution >= 0.6 is 23.1 Å². The van der Waals surface area contributed by atoms with Gasteiger partial charge in [0.05, 0.1) is 16.8 Å². The molecule has 2 rings (SSSR count). The minimum atomic E-state index is -0.730. The summed E-state index contributed by atoms with van der Waals surface area (Å²) in [7, 11) is 0. The molecule has 18 heavy (non-hydrogen) atoms. The maximum atomic E-state index is 11.9. The molecule has 2 N–H and O–H groups in total. The number of rotatable bonds is 4. The normalized spacial score (nSPS) is 23.6. The van der Waals surface area contributed by atoms with E-state index in [-0.39, 0.29) is 5.91 Å². The first-order chi connectivity index (χ1) is 8.50. The van der Waals surface area contributed by atoms with Gasteiger partial charge in [-0.25, -0.2) is 4.98 Å². The molecule has 1 aliphatic heterocycles. The smallest absolute Gasteiger partial charge is 0.263 e. The summed E-state index contributed by atoms with van der Waals surface area (Å²) >= 11 is 3.15. The van der Waals surface area contributed by atoms with E-state index in [1.807, 2.05) is 0 Å². The summed E-state index contributed by atoms with van der Waals surface area (Å²) in [4.78, 5) is 16.8. The van der Waals surface area contributed by atoms with Crippen LogP contribution in [0.4, 0.5) is 0 Å². The van der Waals surface area contributed by atoms with Gasteiger partial charge in [0.2, 0.25) is 0 Å². The highest BCUT2D eigenvalue weighted by molar-refractivity contribution is 7.99. The lowest BCUT2D eigenvalue weighted by Gasteiger charge is -2.21. The molecule has 1 aromatic rings. The Morgan fingerprint density at radius 1 is 1.67 bits per heavy atom.